The van der Waals surface area contributed by atoms with Gasteiger partial charge in [0.25, 0.3) is 0 Å². The van der Waals surface area contributed by atoms with E-state index in [2.05, 4.69) is 16.0 Å². The van der Waals surface area contributed by atoms with Crippen LogP contribution in [0.2, 0.25) is 0 Å². The summed E-state index contributed by atoms with van der Waals surface area (Å²) >= 11 is 1.70. The summed E-state index contributed by atoms with van der Waals surface area (Å²) in [5.41, 5.74) is 3.77. The van der Waals surface area contributed by atoms with Gasteiger partial charge in [-0.05, 0) is 41.5 Å². The Morgan fingerprint density at radius 1 is 1.03 bits per heavy atom. The number of fused-ring (bicyclic) bond motifs is 2. The molecule has 0 aliphatic carbocycles. The number of pyridine rings is 1. The summed E-state index contributed by atoms with van der Waals surface area (Å²) in [5.74, 6) is 1.04. The van der Waals surface area contributed by atoms with E-state index < -0.39 is 0 Å². The number of ether oxygens (including phenoxy) is 1. The van der Waals surface area contributed by atoms with Gasteiger partial charge in [0, 0.05) is 25.4 Å². The van der Waals surface area contributed by atoms with E-state index in [0.717, 1.165) is 44.7 Å². The third kappa shape index (κ3) is 3.21. The Balaban J connectivity index is 1.48. The average molecular weight is 401 g/mol. The van der Waals surface area contributed by atoms with Crippen molar-refractivity contribution in [3.05, 3.63) is 72.0 Å². The first kappa shape index (κ1) is 17.7. The van der Waals surface area contributed by atoms with Crippen LogP contribution in [0, 0.1) is 0 Å². The number of aromatic nitrogens is 3. The van der Waals surface area contributed by atoms with Gasteiger partial charge in [-0.25, -0.2) is 4.98 Å². The summed E-state index contributed by atoms with van der Waals surface area (Å²) in [6.45, 7) is 0.643. The van der Waals surface area contributed by atoms with Crippen molar-refractivity contribution in [2.45, 2.75) is 13.0 Å². The molecule has 2 aromatic carbocycles. The lowest BCUT2D eigenvalue weighted by Crippen LogP contribution is -1.98. The lowest BCUT2D eigenvalue weighted by Gasteiger charge is -2.06. The second kappa shape index (κ2) is 7.22. The number of rotatable bonds is 5. The first-order valence-corrected chi connectivity index (χ1v) is 10.2. The lowest BCUT2D eigenvalue weighted by atomic mass is 10.0. The highest BCUT2D eigenvalue weighted by molar-refractivity contribution is 7.18. The molecule has 0 unspecified atom stereocenters. The van der Waals surface area contributed by atoms with Crippen molar-refractivity contribution in [3.8, 4) is 22.8 Å². The van der Waals surface area contributed by atoms with E-state index in [1.54, 1.807) is 24.6 Å². The van der Waals surface area contributed by atoms with Crippen LogP contribution >= 0.6 is 11.3 Å². The van der Waals surface area contributed by atoms with E-state index in [-0.39, 0.29) is 5.88 Å². The van der Waals surface area contributed by atoms with Gasteiger partial charge < -0.3 is 14.4 Å². The molecule has 0 amide bonds. The van der Waals surface area contributed by atoms with E-state index >= 15 is 0 Å². The van der Waals surface area contributed by atoms with Gasteiger partial charge in [-0.1, -0.05) is 24.3 Å². The first-order chi connectivity index (χ1) is 14.2. The molecule has 0 spiro atoms. The predicted octanol–water partition coefficient (Wildman–Crippen LogP) is 5.27. The topological polar surface area (TPSA) is 60.2 Å². The van der Waals surface area contributed by atoms with E-state index in [4.69, 9.17) is 4.74 Å². The number of methoxy groups -OCH3 is 1. The minimum Gasteiger partial charge on any atom is -0.497 e. The van der Waals surface area contributed by atoms with Crippen molar-refractivity contribution < 1.29 is 9.84 Å². The highest BCUT2D eigenvalue weighted by Gasteiger charge is 2.15. The summed E-state index contributed by atoms with van der Waals surface area (Å²) < 4.78 is 8.29. The molecule has 0 atom stereocenters. The average Bonchev–Trinajstić information content (AvgIpc) is 3.33. The van der Waals surface area contributed by atoms with E-state index in [0.29, 0.717) is 6.54 Å². The Morgan fingerprint density at radius 2 is 1.86 bits per heavy atom. The molecule has 0 aliphatic heterocycles. The fraction of sp³-hybridized carbons (Fsp3) is 0.130. The lowest BCUT2D eigenvalue weighted by molar-refractivity contribution is 0.415. The summed E-state index contributed by atoms with van der Waals surface area (Å²) in [6.07, 6.45) is 4.44. The van der Waals surface area contributed by atoms with Crippen molar-refractivity contribution in [2.75, 3.05) is 7.11 Å². The zero-order valence-corrected chi connectivity index (χ0v) is 16.7. The van der Waals surface area contributed by atoms with Crippen LogP contribution in [-0.2, 0) is 13.0 Å². The van der Waals surface area contributed by atoms with Gasteiger partial charge in [-0.3, -0.25) is 4.98 Å². The molecular weight excluding hydrogens is 382 g/mol. The molecule has 5 rings (SSSR count). The molecular formula is C23H19N3O2S. The highest BCUT2D eigenvalue weighted by atomic mass is 32.1. The van der Waals surface area contributed by atoms with Crippen LogP contribution in [0.1, 0.15) is 5.01 Å². The second-order valence-corrected chi connectivity index (χ2v) is 7.93. The molecule has 6 heteroatoms. The maximum atomic E-state index is 10.9. The number of aromatic hydroxyl groups is 1. The second-order valence-electron chi connectivity index (χ2n) is 6.82. The van der Waals surface area contributed by atoms with Gasteiger partial charge in [0.15, 0.2) is 0 Å². The van der Waals surface area contributed by atoms with Crippen LogP contribution in [-0.4, -0.2) is 26.8 Å². The third-order valence-corrected chi connectivity index (χ3v) is 6.16. The van der Waals surface area contributed by atoms with Crippen molar-refractivity contribution in [1.82, 2.24) is 14.5 Å². The van der Waals surface area contributed by atoms with Crippen LogP contribution in [0.4, 0.5) is 0 Å². The number of hydrogen-bond acceptors (Lipinski definition) is 5. The Bertz CT molecular complexity index is 1270. The molecule has 0 radical (unpaired) electrons. The van der Waals surface area contributed by atoms with Gasteiger partial charge in [-0.2, -0.15) is 0 Å². The van der Waals surface area contributed by atoms with Crippen LogP contribution in [0.3, 0.4) is 0 Å². The monoisotopic (exact) mass is 401 g/mol. The zero-order chi connectivity index (χ0) is 19.8. The van der Waals surface area contributed by atoms with E-state index in [1.165, 1.54) is 4.70 Å². The first-order valence-electron chi connectivity index (χ1n) is 9.38. The van der Waals surface area contributed by atoms with Crippen molar-refractivity contribution in [3.63, 3.8) is 0 Å². The van der Waals surface area contributed by atoms with E-state index in [9.17, 15) is 5.11 Å². The largest absolute Gasteiger partial charge is 0.497 e. The molecule has 5 aromatic rings. The number of para-hydroxylation sites is 1. The normalized spacial score (nSPS) is 11.3. The predicted molar refractivity (Wildman–Crippen MR) is 117 cm³/mol. The number of aryl methyl sites for hydroxylation is 2. The fourth-order valence-electron chi connectivity index (χ4n) is 3.59. The highest BCUT2D eigenvalue weighted by Crippen LogP contribution is 2.36. The molecule has 5 nitrogen and oxygen atoms in total. The molecule has 0 bridgehead atoms. The molecule has 0 fully saturated rings. The summed E-state index contributed by atoms with van der Waals surface area (Å²) in [6, 6.07) is 17.9. The number of hydrogen-bond donors (Lipinski definition) is 1. The van der Waals surface area contributed by atoms with Crippen molar-refractivity contribution in [1.29, 1.82) is 0 Å². The van der Waals surface area contributed by atoms with Gasteiger partial charge in [0.1, 0.15) is 5.75 Å². The number of nitrogens with zero attached hydrogens (tertiary/aromatic N) is 3. The van der Waals surface area contributed by atoms with Crippen molar-refractivity contribution in [2.24, 2.45) is 0 Å². The van der Waals surface area contributed by atoms with Crippen LogP contribution in [0.25, 0.3) is 32.2 Å². The Hall–Kier alpha value is -3.38. The SMILES string of the molecule is COc1ccc(-c2ccnc3cn(CCc4nc5ccccc5s4)c(O)c23)cc1. The summed E-state index contributed by atoms with van der Waals surface area (Å²) in [5, 5.41) is 12.8. The number of benzene rings is 2. The van der Waals surface area contributed by atoms with Gasteiger partial charge in [0.05, 0.1) is 33.2 Å². The quantitative estimate of drug-likeness (QED) is 0.436. The fourth-order valence-corrected chi connectivity index (χ4v) is 4.54. The third-order valence-electron chi connectivity index (χ3n) is 5.06. The zero-order valence-electron chi connectivity index (χ0n) is 15.9. The van der Waals surface area contributed by atoms with Gasteiger partial charge in [-0.15, -0.1) is 11.3 Å². The van der Waals surface area contributed by atoms with Crippen LogP contribution in [0.5, 0.6) is 11.6 Å². The maximum absolute atomic E-state index is 10.9. The Labute approximate surface area is 171 Å². The standard InChI is InChI=1S/C23H19N3O2S/c1-28-16-8-6-15(7-9-16)17-10-12-24-19-14-26(23(27)22(17)19)13-11-21-25-18-4-2-3-5-20(18)29-21/h2-10,12,14,27H,11,13H2,1H3. The Morgan fingerprint density at radius 3 is 2.66 bits per heavy atom. The van der Waals surface area contributed by atoms with Crippen LogP contribution < -0.4 is 4.74 Å². The molecule has 0 aliphatic rings. The smallest absolute Gasteiger partial charge is 0.201 e. The number of thiazole rings is 1. The summed E-state index contributed by atoms with van der Waals surface area (Å²) in [4.78, 5) is 9.14. The van der Waals surface area contributed by atoms with Gasteiger partial charge in [0.2, 0.25) is 5.88 Å². The van der Waals surface area contributed by atoms with Crippen molar-refractivity contribution >= 4 is 32.5 Å². The maximum Gasteiger partial charge on any atom is 0.201 e. The van der Waals surface area contributed by atoms with Crippen LogP contribution in [0.15, 0.2) is 67.0 Å². The molecule has 0 saturated carbocycles. The molecule has 29 heavy (non-hydrogen) atoms. The summed E-state index contributed by atoms with van der Waals surface area (Å²) in [7, 11) is 1.65. The van der Waals surface area contributed by atoms with E-state index in [1.807, 2.05) is 59.3 Å². The minimum atomic E-state index is 0.236. The molecule has 144 valence electrons. The molecule has 3 heterocycles. The molecule has 3 aromatic heterocycles. The molecule has 0 saturated heterocycles. The Kier molecular flexibility index (Phi) is 4.41. The van der Waals surface area contributed by atoms with Gasteiger partial charge >= 0.3 is 0 Å². The molecule has 1 N–H and O–H groups in total. The minimum absolute atomic E-state index is 0.236.